The third-order valence-electron chi connectivity index (χ3n) is 3.33. The first-order valence-electron chi connectivity index (χ1n) is 6.77. The van der Waals surface area contributed by atoms with Crippen molar-refractivity contribution in [1.29, 1.82) is 0 Å². The van der Waals surface area contributed by atoms with Gasteiger partial charge in [0.05, 0.1) is 19.4 Å². The van der Waals surface area contributed by atoms with Gasteiger partial charge >= 0.3 is 0 Å². The summed E-state index contributed by atoms with van der Waals surface area (Å²) in [5, 5.41) is 46.0. The van der Waals surface area contributed by atoms with Crippen LogP contribution in [-0.4, -0.2) is 72.7 Å². The molecule has 1 aliphatic rings. The first-order valence-corrected chi connectivity index (χ1v) is 6.77. The summed E-state index contributed by atoms with van der Waals surface area (Å²) in [7, 11) is 0. The molecule has 5 atom stereocenters. The molecule has 9 heteroatoms. The molecule has 0 bridgehead atoms. The highest BCUT2D eigenvalue weighted by atomic mass is 16.7. The van der Waals surface area contributed by atoms with E-state index < -0.39 is 37.3 Å². The predicted molar refractivity (Wildman–Crippen MR) is 69.0 cm³/mol. The van der Waals surface area contributed by atoms with Crippen LogP contribution in [-0.2, 0) is 16.1 Å². The summed E-state index contributed by atoms with van der Waals surface area (Å²) < 4.78 is 12.2. The monoisotopic (exact) mass is 303 g/mol. The summed E-state index contributed by atoms with van der Waals surface area (Å²) in [6.07, 6.45) is -4.71. The smallest absolute Gasteiger partial charge is 0.187 e. The van der Waals surface area contributed by atoms with Gasteiger partial charge in [-0.1, -0.05) is 5.21 Å². The summed E-state index contributed by atoms with van der Waals surface area (Å²) >= 11 is 0. The lowest BCUT2D eigenvalue weighted by Crippen LogP contribution is -2.59. The molecule has 1 aromatic rings. The molecule has 1 saturated heterocycles. The molecule has 1 fully saturated rings. The minimum atomic E-state index is -1.45. The highest BCUT2D eigenvalue weighted by molar-refractivity contribution is 4.92. The van der Waals surface area contributed by atoms with Gasteiger partial charge in [0.25, 0.3) is 0 Å². The van der Waals surface area contributed by atoms with Gasteiger partial charge < -0.3 is 29.9 Å². The number of aromatic nitrogens is 3. The quantitative estimate of drug-likeness (QED) is 0.500. The summed E-state index contributed by atoms with van der Waals surface area (Å²) in [4.78, 5) is 0. The SMILES string of the molecule is CC(C)n1cc(CO[C@@H]2OC(CO)C(O)[C@H](O)C2O)nn1. The third kappa shape index (κ3) is 3.57. The van der Waals surface area contributed by atoms with E-state index >= 15 is 0 Å². The lowest BCUT2D eigenvalue weighted by atomic mass is 9.99. The Hall–Kier alpha value is -1.10. The largest absolute Gasteiger partial charge is 0.394 e. The van der Waals surface area contributed by atoms with E-state index in [4.69, 9.17) is 14.6 Å². The Kier molecular flexibility index (Phi) is 5.25. The molecule has 1 aromatic heterocycles. The Balaban J connectivity index is 1.94. The van der Waals surface area contributed by atoms with E-state index in [0.717, 1.165) is 0 Å². The van der Waals surface area contributed by atoms with E-state index in [1.54, 1.807) is 10.9 Å². The van der Waals surface area contributed by atoms with E-state index in [9.17, 15) is 15.3 Å². The van der Waals surface area contributed by atoms with Crippen LogP contribution < -0.4 is 0 Å². The lowest BCUT2D eigenvalue weighted by molar-refractivity contribution is -0.304. The van der Waals surface area contributed by atoms with Gasteiger partial charge in [-0.25, -0.2) is 4.68 Å². The molecule has 0 saturated carbocycles. The molecule has 0 amide bonds. The van der Waals surface area contributed by atoms with E-state index in [1.165, 1.54) is 0 Å². The van der Waals surface area contributed by atoms with Gasteiger partial charge in [-0.15, -0.1) is 5.10 Å². The Morgan fingerprint density at radius 2 is 2.00 bits per heavy atom. The van der Waals surface area contributed by atoms with Crippen molar-refractivity contribution < 1.29 is 29.9 Å². The van der Waals surface area contributed by atoms with Crippen LogP contribution in [0.2, 0.25) is 0 Å². The van der Waals surface area contributed by atoms with E-state index in [0.29, 0.717) is 5.69 Å². The fourth-order valence-corrected chi connectivity index (χ4v) is 2.00. The van der Waals surface area contributed by atoms with Gasteiger partial charge in [-0.2, -0.15) is 0 Å². The molecule has 4 N–H and O–H groups in total. The van der Waals surface area contributed by atoms with Gasteiger partial charge in [0.15, 0.2) is 6.29 Å². The van der Waals surface area contributed by atoms with E-state index in [-0.39, 0.29) is 12.6 Å². The molecule has 0 aliphatic carbocycles. The van der Waals surface area contributed by atoms with Crippen molar-refractivity contribution in [3.05, 3.63) is 11.9 Å². The van der Waals surface area contributed by atoms with Crippen molar-refractivity contribution in [2.45, 2.75) is 57.2 Å². The lowest BCUT2D eigenvalue weighted by Gasteiger charge is -2.39. The van der Waals surface area contributed by atoms with Crippen molar-refractivity contribution in [3.8, 4) is 0 Å². The summed E-state index contributed by atoms with van der Waals surface area (Å²) in [5.74, 6) is 0. The minimum Gasteiger partial charge on any atom is -0.394 e. The van der Waals surface area contributed by atoms with Gasteiger partial charge in [-0.05, 0) is 13.8 Å². The van der Waals surface area contributed by atoms with Crippen molar-refractivity contribution in [3.63, 3.8) is 0 Å². The maximum absolute atomic E-state index is 9.81. The normalized spacial score (nSPS) is 33.6. The van der Waals surface area contributed by atoms with E-state index in [2.05, 4.69) is 10.3 Å². The van der Waals surface area contributed by atoms with Crippen LogP contribution in [0.4, 0.5) is 0 Å². The van der Waals surface area contributed by atoms with Gasteiger partial charge in [0, 0.05) is 6.04 Å². The number of aliphatic hydroxyl groups excluding tert-OH is 4. The number of hydrogen-bond acceptors (Lipinski definition) is 8. The molecular formula is C12H21N3O6. The summed E-state index contributed by atoms with van der Waals surface area (Å²) in [5.41, 5.74) is 0.542. The van der Waals surface area contributed by atoms with Gasteiger partial charge in [0.2, 0.25) is 0 Å². The molecular weight excluding hydrogens is 282 g/mol. The average Bonchev–Trinajstić information content (AvgIpc) is 2.93. The average molecular weight is 303 g/mol. The molecule has 0 spiro atoms. The van der Waals surface area contributed by atoms with Crippen molar-refractivity contribution in [1.82, 2.24) is 15.0 Å². The molecule has 1 aliphatic heterocycles. The second-order valence-electron chi connectivity index (χ2n) is 5.29. The Morgan fingerprint density at radius 1 is 1.29 bits per heavy atom. The third-order valence-corrected chi connectivity index (χ3v) is 3.33. The molecule has 120 valence electrons. The molecule has 2 heterocycles. The number of ether oxygens (including phenoxy) is 2. The molecule has 0 radical (unpaired) electrons. The Bertz CT molecular complexity index is 452. The molecule has 21 heavy (non-hydrogen) atoms. The van der Waals surface area contributed by atoms with Crippen LogP contribution in [0.25, 0.3) is 0 Å². The van der Waals surface area contributed by atoms with Crippen LogP contribution in [0.1, 0.15) is 25.6 Å². The van der Waals surface area contributed by atoms with Gasteiger partial charge in [-0.3, -0.25) is 0 Å². The van der Waals surface area contributed by atoms with Crippen LogP contribution in [0.15, 0.2) is 6.20 Å². The van der Waals surface area contributed by atoms with E-state index in [1.807, 2.05) is 13.8 Å². The van der Waals surface area contributed by atoms with Crippen LogP contribution in [0.5, 0.6) is 0 Å². The van der Waals surface area contributed by atoms with Crippen molar-refractivity contribution >= 4 is 0 Å². The fourth-order valence-electron chi connectivity index (χ4n) is 2.00. The second kappa shape index (κ2) is 6.77. The highest BCUT2D eigenvalue weighted by Crippen LogP contribution is 2.22. The highest BCUT2D eigenvalue weighted by Gasteiger charge is 2.44. The second-order valence-corrected chi connectivity index (χ2v) is 5.29. The summed E-state index contributed by atoms with van der Waals surface area (Å²) in [6, 6.07) is 0.165. The number of rotatable bonds is 5. The fraction of sp³-hybridized carbons (Fsp3) is 0.833. The van der Waals surface area contributed by atoms with Crippen molar-refractivity contribution in [2.75, 3.05) is 6.61 Å². The Morgan fingerprint density at radius 3 is 2.57 bits per heavy atom. The molecule has 3 unspecified atom stereocenters. The molecule has 2 rings (SSSR count). The first-order chi connectivity index (χ1) is 9.93. The molecule has 9 nitrogen and oxygen atoms in total. The number of hydrogen-bond donors (Lipinski definition) is 4. The zero-order valence-electron chi connectivity index (χ0n) is 11.9. The predicted octanol–water partition coefficient (Wildman–Crippen LogP) is -1.82. The van der Waals surface area contributed by atoms with Crippen LogP contribution in [0.3, 0.4) is 0 Å². The number of nitrogens with zero attached hydrogens (tertiary/aromatic N) is 3. The zero-order valence-corrected chi connectivity index (χ0v) is 11.9. The van der Waals surface area contributed by atoms with Crippen LogP contribution >= 0.6 is 0 Å². The van der Waals surface area contributed by atoms with Crippen molar-refractivity contribution in [2.24, 2.45) is 0 Å². The van der Waals surface area contributed by atoms with Crippen LogP contribution in [0, 0.1) is 0 Å². The zero-order chi connectivity index (χ0) is 15.6. The molecule has 0 aromatic carbocycles. The Labute approximate surface area is 121 Å². The maximum Gasteiger partial charge on any atom is 0.187 e. The first kappa shape index (κ1) is 16.3. The standard InChI is InChI=1S/C12H21N3O6/c1-6(2)15-3-7(13-14-15)5-20-12-11(19)10(18)9(17)8(4-16)21-12/h3,6,8-12,16-19H,4-5H2,1-2H3/t8?,9?,10-,11?,12+/m0/s1. The summed E-state index contributed by atoms with van der Waals surface area (Å²) in [6.45, 7) is 3.44. The topological polar surface area (TPSA) is 130 Å². The van der Waals surface area contributed by atoms with Gasteiger partial charge in [0.1, 0.15) is 30.1 Å². The number of aliphatic hydroxyl groups is 4. The maximum atomic E-state index is 9.81. The minimum absolute atomic E-state index is 0.0232.